The highest BCUT2D eigenvalue weighted by molar-refractivity contribution is 7.92. The molecule has 3 aromatic rings. The SMILES string of the molecule is COc1ccc(-c2nc(C(=O)Nc3ccc(NS(C)(=O)=O)cc3)cs2)cc1OC. The first-order valence-electron chi connectivity index (χ1n) is 8.36. The molecule has 152 valence electrons. The Labute approximate surface area is 172 Å². The van der Waals surface area contributed by atoms with Crippen molar-refractivity contribution in [3.05, 3.63) is 53.5 Å². The normalized spacial score (nSPS) is 11.0. The van der Waals surface area contributed by atoms with E-state index < -0.39 is 10.0 Å². The van der Waals surface area contributed by atoms with Crippen LogP contribution in [0.5, 0.6) is 11.5 Å². The van der Waals surface area contributed by atoms with Crippen molar-refractivity contribution >= 4 is 38.6 Å². The number of carbonyl (C=O) groups is 1. The van der Waals surface area contributed by atoms with Gasteiger partial charge in [-0.2, -0.15) is 0 Å². The highest BCUT2D eigenvalue weighted by atomic mass is 32.2. The summed E-state index contributed by atoms with van der Waals surface area (Å²) in [6.07, 6.45) is 1.07. The Morgan fingerprint density at radius 1 is 1.00 bits per heavy atom. The zero-order valence-electron chi connectivity index (χ0n) is 15.9. The molecule has 1 aromatic heterocycles. The average molecular weight is 434 g/mol. The number of ether oxygens (including phenoxy) is 2. The third-order valence-corrected chi connectivity index (χ3v) is 5.31. The molecule has 0 saturated heterocycles. The molecule has 0 aliphatic rings. The first-order valence-corrected chi connectivity index (χ1v) is 11.1. The second-order valence-corrected chi connectivity index (χ2v) is 8.62. The largest absolute Gasteiger partial charge is 0.493 e. The molecule has 1 amide bonds. The van der Waals surface area contributed by atoms with Crippen molar-refractivity contribution in [2.45, 2.75) is 0 Å². The van der Waals surface area contributed by atoms with E-state index in [0.29, 0.717) is 27.9 Å². The number of carbonyl (C=O) groups excluding carboxylic acids is 1. The molecular formula is C19H19N3O5S2. The van der Waals surface area contributed by atoms with Crippen LogP contribution in [0.3, 0.4) is 0 Å². The molecule has 0 fully saturated rings. The Morgan fingerprint density at radius 3 is 2.28 bits per heavy atom. The standard InChI is InChI=1S/C19H19N3O5S2/c1-26-16-9-4-12(10-17(16)27-2)19-21-15(11-28-19)18(23)20-13-5-7-14(8-6-13)22-29(3,24)25/h4-11,22H,1-3H3,(H,20,23). The molecule has 0 radical (unpaired) electrons. The van der Waals surface area contributed by atoms with Gasteiger partial charge in [0.1, 0.15) is 10.7 Å². The first kappa shape index (κ1) is 20.6. The Kier molecular flexibility index (Phi) is 6.04. The Morgan fingerprint density at radius 2 is 1.66 bits per heavy atom. The molecule has 3 rings (SSSR count). The van der Waals surface area contributed by atoms with Gasteiger partial charge < -0.3 is 14.8 Å². The Balaban J connectivity index is 1.73. The van der Waals surface area contributed by atoms with Crippen molar-refractivity contribution in [3.8, 4) is 22.1 Å². The van der Waals surface area contributed by atoms with Gasteiger partial charge in [0.25, 0.3) is 5.91 Å². The van der Waals surface area contributed by atoms with Gasteiger partial charge >= 0.3 is 0 Å². The summed E-state index contributed by atoms with van der Waals surface area (Å²) in [5.74, 6) is 0.824. The minimum Gasteiger partial charge on any atom is -0.493 e. The number of anilines is 2. The van der Waals surface area contributed by atoms with E-state index in [-0.39, 0.29) is 11.6 Å². The van der Waals surface area contributed by atoms with Gasteiger partial charge in [-0.25, -0.2) is 13.4 Å². The summed E-state index contributed by atoms with van der Waals surface area (Å²) in [4.78, 5) is 16.9. The van der Waals surface area contributed by atoms with E-state index >= 15 is 0 Å². The van der Waals surface area contributed by atoms with E-state index in [9.17, 15) is 13.2 Å². The lowest BCUT2D eigenvalue weighted by atomic mass is 10.2. The number of rotatable bonds is 7. The fourth-order valence-electron chi connectivity index (χ4n) is 2.51. The maximum absolute atomic E-state index is 12.5. The molecule has 29 heavy (non-hydrogen) atoms. The quantitative estimate of drug-likeness (QED) is 0.591. The summed E-state index contributed by atoms with van der Waals surface area (Å²) in [5.41, 5.74) is 2.02. The van der Waals surface area contributed by atoms with Crippen molar-refractivity contribution in [1.29, 1.82) is 0 Å². The van der Waals surface area contributed by atoms with Crippen LogP contribution in [0.25, 0.3) is 10.6 Å². The molecule has 0 unspecified atom stereocenters. The van der Waals surface area contributed by atoms with E-state index in [0.717, 1.165) is 11.8 Å². The zero-order valence-corrected chi connectivity index (χ0v) is 17.6. The van der Waals surface area contributed by atoms with Crippen LogP contribution in [0.4, 0.5) is 11.4 Å². The number of hydrogen-bond acceptors (Lipinski definition) is 7. The van der Waals surface area contributed by atoms with Crippen molar-refractivity contribution < 1.29 is 22.7 Å². The molecule has 0 spiro atoms. The number of benzene rings is 2. The second kappa shape index (κ2) is 8.50. The number of nitrogens with one attached hydrogen (secondary N) is 2. The van der Waals surface area contributed by atoms with Crippen LogP contribution in [-0.2, 0) is 10.0 Å². The van der Waals surface area contributed by atoms with Gasteiger partial charge in [-0.05, 0) is 42.5 Å². The van der Waals surface area contributed by atoms with E-state index in [1.165, 1.54) is 11.3 Å². The van der Waals surface area contributed by atoms with Crippen LogP contribution in [0.2, 0.25) is 0 Å². The fraction of sp³-hybridized carbons (Fsp3) is 0.158. The minimum absolute atomic E-state index is 0.276. The van der Waals surface area contributed by atoms with E-state index in [2.05, 4.69) is 15.0 Å². The predicted octanol–water partition coefficient (Wildman–Crippen LogP) is 3.45. The predicted molar refractivity (Wildman–Crippen MR) is 114 cm³/mol. The van der Waals surface area contributed by atoms with E-state index in [1.54, 1.807) is 56.0 Å². The van der Waals surface area contributed by atoms with Crippen LogP contribution in [-0.4, -0.2) is 39.8 Å². The van der Waals surface area contributed by atoms with Gasteiger partial charge in [-0.15, -0.1) is 11.3 Å². The van der Waals surface area contributed by atoms with Crippen molar-refractivity contribution in [2.75, 3.05) is 30.5 Å². The van der Waals surface area contributed by atoms with Crippen LogP contribution in [0.1, 0.15) is 10.5 Å². The molecule has 8 nitrogen and oxygen atoms in total. The lowest BCUT2D eigenvalue weighted by Crippen LogP contribution is -2.13. The summed E-state index contributed by atoms with van der Waals surface area (Å²) < 4.78 is 35.4. The maximum atomic E-state index is 12.5. The summed E-state index contributed by atoms with van der Waals surface area (Å²) in [5, 5.41) is 5.07. The van der Waals surface area contributed by atoms with Crippen LogP contribution >= 0.6 is 11.3 Å². The molecule has 1 heterocycles. The van der Waals surface area contributed by atoms with Gasteiger partial charge in [-0.1, -0.05) is 0 Å². The minimum atomic E-state index is -3.35. The number of sulfonamides is 1. The van der Waals surface area contributed by atoms with Crippen molar-refractivity contribution in [3.63, 3.8) is 0 Å². The number of nitrogens with zero attached hydrogens (tertiary/aromatic N) is 1. The van der Waals surface area contributed by atoms with Crippen LogP contribution < -0.4 is 19.5 Å². The third kappa shape index (κ3) is 5.24. The highest BCUT2D eigenvalue weighted by Gasteiger charge is 2.14. The monoisotopic (exact) mass is 433 g/mol. The number of amides is 1. The van der Waals surface area contributed by atoms with Crippen LogP contribution in [0.15, 0.2) is 47.8 Å². The molecule has 0 saturated carbocycles. The lowest BCUT2D eigenvalue weighted by molar-refractivity contribution is 0.102. The second-order valence-electron chi connectivity index (χ2n) is 6.01. The lowest BCUT2D eigenvalue weighted by Gasteiger charge is -2.08. The van der Waals surface area contributed by atoms with Gasteiger partial charge in [-0.3, -0.25) is 9.52 Å². The summed E-state index contributed by atoms with van der Waals surface area (Å²) in [6, 6.07) is 11.8. The van der Waals surface area contributed by atoms with Gasteiger partial charge in [0.2, 0.25) is 10.0 Å². The van der Waals surface area contributed by atoms with E-state index in [1.807, 2.05) is 6.07 Å². The zero-order chi connectivity index (χ0) is 21.0. The first-order chi connectivity index (χ1) is 13.8. The number of methoxy groups -OCH3 is 2. The maximum Gasteiger partial charge on any atom is 0.275 e. The van der Waals surface area contributed by atoms with E-state index in [4.69, 9.17) is 9.47 Å². The number of thiazole rings is 1. The smallest absolute Gasteiger partial charge is 0.275 e. The summed E-state index contributed by atoms with van der Waals surface area (Å²) in [7, 11) is -0.235. The van der Waals surface area contributed by atoms with Gasteiger partial charge in [0.15, 0.2) is 11.5 Å². The molecule has 0 bridgehead atoms. The molecule has 2 N–H and O–H groups in total. The molecule has 10 heteroatoms. The molecular weight excluding hydrogens is 414 g/mol. The summed E-state index contributed by atoms with van der Waals surface area (Å²) in [6.45, 7) is 0. The Bertz CT molecular complexity index is 1130. The third-order valence-electron chi connectivity index (χ3n) is 3.81. The molecule has 0 aliphatic heterocycles. The fourth-order valence-corrected chi connectivity index (χ4v) is 3.87. The average Bonchev–Trinajstić information content (AvgIpc) is 3.18. The van der Waals surface area contributed by atoms with Crippen molar-refractivity contribution in [2.24, 2.45) is 0 Å². The summed E-state index contributed by atoms with van der Waals surface area (Å²) >= 11 is 1.34. The Hall–Kier alpha value is -3.11. The topological polar surface area (TPSA) is 107 Å². The number of hydrogen-bond donors (Lipinski definition) is 2. The number of aromatic nitrogens is 1. The van der Waals surface area contributed by atoms with Crippen molar-refractivity contribution in [1.82, 2.24) is 4.98 Å². The van der Waals surface area contributed by atoms with Crippen LogP contribution in [0, 0.1) is 0 Å². The molecule has 0 atom stereocenters. The van der Waals surface area contributed by atoms with Gasteiger partial charge in [0.05, 0.1) is 20.5 Å². The van der Waals surface area contributed by atoms with Gasteiger partial charge in [0, 0.05) is 22.3 Å². The molecule has 0 aliphatic carbocycles. The molecule has 2 aromatic carbocycles. The highest BCUT2D eigenvalue weighted by Crippen LogP contribution is 2.33.